The van der Waals surface area contributed by atoms with E-state index in [9.17, 15) is 18.0 Å². The summed E-state index contributed by atoms with van der Waals surface area (Å²) in [5.41, 5.74) is 0.424. The molecule has 30 heavy (non-hydrogen) atoms. The van der Waals surface area contributed by atoms with Crippen LogP contribution in [0.2, 0.25) is 0 Å². The van der Waals surface area contributed by atoms with Gasteiger partial charge >= 0.3 is 5.97 Å². The molecule has 0 bridgehead atoms. The van der Waals surface area contributed by atoms with Crippen LogP contribution >= 0.6 is 0 Å². The zero-order chi connectivity index (χ0) is 22.4. The monoisotopic (exact) mass is 438 g/mol. The van der Waals surface area contributed by atoms with Gasteiger partial charge in [-0.15, -0.1) is 0 Å². The van der Waals surface area contributed by atoms with Crippen LogP contribution in [0.1, 0.15) is 58.4 Å². The van der Waals surface area contributed by atoms with E-state index in [4.69, 9.17) is 4.74 Å². The average Bonchev–Trinajstić information content (AvgIpc) is 3.20. The Morgan fingerprint density at radius 1 is 1.07 bits per heavy atom. The van der Waals surface area contributed by atoms with Gasteiger partial charge in [0, 0.05) is 39.5 Å². The maximum atomic E-state index is 12.6. The molecule has 2 rings (SSSR count). The standard InChI is InChI=1S/C22H34N2O5S/c1-22(2,3)29-21(26)8-7-15-23(4)20(25)14-11-18-9-12-19(13-10-18)30(27,28)24-16-5-6-17-24/h9-10,12-13H,5-8,11,14-17H2,1-4H3. The number of sulfonamides is 1. The molecule has 0 atom stereocenters. The highest BCUT2D eigenvalue weighted by Gasteiger charge is 2.26. The summed E-state index contributed by atoms with van der Waals surface area (Å²) in [6, 6.07) is 6.80. The van der Waals surface area contributed by atoms with Crippen molar-refractivity contribution in [2.45, 2.75) is 69.8 Å². The van der Waals surface area contributed by atoms with E-state index in [0.29, 0.717) is 43.8 Å². The SMILES string of the molecule is CN(CCCC(=O)OC(C)(C)C)C(=O)CCc1ccc(S(=O)(=O)N2CCCC2)cc1. The lowest BCUT2D eigenvalue weighted by atomic mass is 10.1. The van der Waals surface area contributed by atoms with Crippen LogP contribution in [0.15, 0.2) is 29.2 Å². The Labute approximate surface area is 180 Å². The van der Waals surface area contributed by atoms with Gasteiger partial charge in [0.15, 0.2) is 0 Å². The summed E-state index contributed by atoms with van der Waals surface area (Å²) >= 11 is 0. The van der Waals surface area contributed by atoms with Crippen LogP contribution in [0.3, 0.4) is 0 Å². The minimum Gasteiger partial charge on any atom is -0.460 e. The van der Waals surface area contributed by atoms with E-state index in [1.165, 1.54) is 4.31 Å². The number of hydrogen-bond donors (Lipinski definition) is 0. The number of carbonyl (C=O) groups is 2. The second-order valence-electron chi connectivity index (χ2n) is 8.76. The van der Waals surface area contributed by atoms with Gasteiger partial charge in [0.2, 0.25) is 15.9 Å². The van der Waals surface area contributed by atoms with Crippen molar-refractivity contribution in [2.24, 2.45) is 0 Å². The number of rotatable bonds is 9. The van der Waals surface area contributed by atoms with Gasteiger partial charge < -0.3 is 9.64 Å². The first-order valence-electron chi connectivity index (χ1n) is 10.5. The van der Waals surface area contributed by atoms with Crippen molar-refractivity contribution in [2.75, 3.05) is 26.7 Å². The lowest BCUT2D eigenvalue weighted by molar-refractivity contribution is -0.155. The van der Waals surface area contributed by atoms with Gasteiger partial charge in [-0.2, -0.15) is 4.31 Å². The van der Waals surface area contributed by atoms with Crippen molar-refractivity contribution >= 4 is 21.9 Å². The van der Waals surface area contributed by atoms with Crippen molar-refractivity contribution in [3.05, 3.63) is 29.8 Å². The fourth-order valence-electron chi connectivity index (χ4n) is 3.33. The molecule has 1 aromatic carbocycles. The third-order valence-electron chi connectivity index (χ3n) is 4.97. The number of benzene rings is 1. The van der Waals surface area contributed by atoms with Crippen molar-refractivity contribution < 1.29 is 22.7 Å². The van der Waals surface area contributed by atoms with Gasteiger partial charge in [-0.3, -0.25) is 9.59 Å². The largest absolute Gasteiger partial charge is 0.460 e. The fraction of sp³-hybridized carbons (Fsp3) is 0.636. The van der Waals surface area contributed by atoms with E-state index in [0.717, 1.165) is 18.4 Å². The van der Waals surface area contributed by atoms with E-state index < -0.39 is 15.6 Å². The Bertz CT molecular complexity index is 822. The van der Waals surface area contributed by atoms with E-state index in [1.54, 1.807) is 36.2 Å². The van der Waals surface area contributed by atoms with Crippen LogP contribution in [0.4, 0.5) is 0 Å². The Balaban J connectivity index is 1.76. The molecule has 0 aliphatic carbocycles. The second kappa shape index (κ2) is 10.4. The number of hydrogen-bond acceptors (Lipinski definition) is 5. The first kappa shape index (κ1) is 24.3. The number of nitrogens with zero attached hydrogens (tertiary/aromatic N) is 2. The van der Waals surface area contributed by atoms with Crippen LogP contribution in [0.5, 0.6) is 0 Å². The summed E-state index contributed by atoms with van der Waals surface area (Å²) in [6.07, 6.45) is 3.53. The summed E-state index contributed by atoms with van der Waals surface area (Å²) in [4.78, 5) is 26.0. The lowest BCUT2D eigenvalue weighted by Gasteiger charge is -2.20. The summed E-state index contributed by atoms with van der Waals surface area (Å²) in [5, 5.41) is 0. The molecular weight excluding hydrogens is 404 g/mol. The molecule has 1 heterocycles. The van der Waals surface area contributed by atoms with Crippen LogP contribution in [-0.4, -0.2) is 61.8 Å². The summed E-state index contributed by atoms with van der Waals surface area (Å²) in [6.45, 7) is 7.14. The molecule has 1 fully saturated rings. The number of aryl methyl sites for hydroxylation is 1. The third-order valence-corrected chi connectivity index (χ3v) is 6.89. The Morgan fingerprint density at radius 2 is 1.67 bits per heavy atom. The summed E-state index contributed by atoms with van der Waals surface area (Å²) < 4.78 is 31.9. The van der Waals surface area contributed by atoms with E-state index in [2.05, 4.69) is 0 Å². The molecule has 1 aliphatic heterocycles. The second-order valence-corrected chi connectivity index (χ2v) is 10.7. The normalized spacial score (nSPS) is 15.2. The van der Waals surface area contributed by atoms with E-state index in [1.807, 2.05) is 20.8 Å². The van der Waals surface area contributed by atoms with Crippen molar-refractivity contribution in [3.63, 3.8) is 0 Å². The van der Waals surface area contributed by atoms with Crippen LogP contribution in [0.25, 0.3) is 0 Å². The molecule has 0 aromatic heterocycles. The molecule has 0 spiro atoms. The first-order chi connectivity index (χ1) is 14.0. The first-order valence-corrected chi connectivity index (χ1v) is 12.0. The topological polar surface area (TPSA) is 84.0 Å². The molecule has 0 saturated carbocycles. The van der Waals surface area contributed by atoms with Crippen molar-refractivity contribution in [3.8, 4) is 0 Å². The Hall–Kier alpha value is -1.93. The third kappa shape index (κ3) is 7.40. The molecule has 1 aliphatic rings. The van der Waals surface area contributed by atoms with Crippen LogP contribution in [-0.2, 0) is 30.8 Å². The highest BCUT2D eigenvalue weighted by Crippen LogP contribution is 2.21. The maximum Gasteiger partial charge on any atom is 0.306 e. The minimum absolute atomic E-state index is 0.00652. The molecule has 1 aromatic rings. The van der Waals surface area contributed by atoms with Gasteiger partial charge in [-0.25, -0.2) is 8.42 Å². The predicted octanol–water partition coefficient (Wildman–Crippen LogP) is 2.98. The zero-order valence-corrected chi connectivity index (χ0v) is 19.3. The maximum absolute atomic E-state index is 12.6. The number of esters is 1. The highest BCUT2D eigenvalue weighted by molar-refractivity contribution is 7.89. The van der Waals surface area contributed by atoms with Gasteiger partial charge in [-0.05, 0) is 64.2 Å². The fourth-order valence-corrected chi connectivity index (χ4v) is 4.84. The van der Waals surface area contributed by atoms with Crippen LogP contribution in [0, 0.1) is 0 Å². The molecular formula is C22H34N2O5S. The Kier molecular flexibility index (Phi) is 8.43. The molecule has 7 nitrogen and oxygen atoms in total. The molecule has 0 N–H and O–H groups in total. The van der Waals surface area contributed by atoms with Crippen LogP contribution < -0.4 is 0 Å². The number of carbonyl (C=O) groups excluding carboxylic acids is 2. The molecule has 1 amide bonds. The molecule has 0 unspecified atom stereocenters. The van der Waals surface area contributed by atoms with E-state index in [-0.39, 0.29) is 18.3 Å². The van der Waals surface area contributed by atoms with Crippen molar-refractivity contribution in [1.29, 1.82) is 0 Å². The van der Waals surface area contributed by atoms with Gasteiger partial charge in [-0.1, -0.05) is 12.1 Å². The highest BCUT2D eigenvalue weighted by atomic mass is 32.2. The van der Waals surface area contributed by atoms with Gasteiger partial charge in [0.25, 0.3) is 0 Å². The number of amides is 1. The minimum atomic E-state index is -3.41. The summed E-state index contributed by atoms with van der Waals surface area (Å²) in [5.74, 6) is -0.264. The average molecular weight is 439 g/mol. The van der Waals surface area contributed by atoms with Crippen molar-refractivity contribution in [1.82, 2.24) is 9.21 Å². The van der Waals surface area contributed by atoms with E-state index >= 15 is 0 Å². The smallest absolute Gasteiger partial charge is 0.306 e. The van der Waals surface area contributed by atoms with Gasteiger partial charge in [0.05, 0.1) is 4.90 Å². The molecule has 1 saturated heterocycles. The van der Waals surface area contributed by atoms with Gasteiger partial charge in [0.1, 0.15) is 5.60 Å². The Morgan fingerprint density at radius 3 is 2.23 bits per heavy atom. The zero-order valence-electron chi connectivity index (χ0n) is 18.5. The quantitative estimate of drug-likeness (QED) is 0.554. The molecule has 0 radical (unpaired) electrons. The lowest BCUT2D eigenvalue weighted by Crippen LogP contribution is -2.29. The summed E-state index contributed by atoms with van der Waals surface area (Å²) in [7, 11) is -1.68. The number of ether oxygens (including phenoxy) is 1. The predicted molar refractivity (Wildman–Crippen MR) is 115 cm³/mol. The molecule has 8 heteroatoms. The molecule has 168 valence electrons.